The number of rotatable bonds is 7. The van der Waals surface area contributed by atoms with Gasteiger partial charge in [-0.15, -0.1) is 11.3 Å². The molecule has 1 aromatic rings. The lowest BCUT2D eigenvalue weighted by Crippen LogP contribution is -2.27. The summed E-state index contributed by atoms with van der Waals surface area (Å²) >= 11 is 7.92. The van der Waals surface area contributed by atoms with E-state index in [-0.39, 0.29) is 0 Å². The highest BCUT2D eigenvalue weighted by Crippen LogP contribution is 2.36. The van der Waals surface area contributed by atoms with E-state index >= 15 is 0 Å². The van der Waals surface area contributed by atoms with Gasteiger partial charge in [-0.25, -0.2) is 0 Å². The molecule has 0 radical (unpaired) electrons. The summed E-state index contributed by atoms with van der Waals surface area (Å²) in [5.74, 6) is 0.704. The Morgan fingerprint density at radius 2 is 1.94 bits per heavy atom. The third-order valence-corrected chi connectivity index (χ3v) is 4.96. The van der Waals surface area contributed by atoms with Crippen LogP contribution in [-0.4, -0.2) is 6.54 Å². The summed E-state index contributed by atoms with van der Waals surface area (Å²) in [6.45, 7) is 9.93. The van der Waals surface area contributed by atoms with E-state index < -0.39 is 0 Å². The van der Waals surface area contributed by atoms with E-state index in [2.05, 4.69) is 39.1 Å². The van der Waals surface area contributed by atoms with Gasteiger partial charge >= 0.3 is 0 Å². The Morgan fingerprint density at radius 3 is 2.35 bits per heavy atom. The van der Waals surface area contributed by atoms with Gasteiger partial charge in [0, 0.05) is 10.9 Å². The topological polar surface area (TPSA) is 12.0 Å². The average Bonchev–Trinajstić information content (AvgIpc) is 2.65. The average molecular weight is 274 g/mol. The van der Waals surface area contributed by atoms with Crippen LogP contribution in [0.25, 0.3) is 0 Å². The van der Waals surface area contributed by atoms with Crippen LogP contribution in [0.5, 0.6) is 0 Å². The molecule has 1 unspecified atom stereocenters. The SMILES string of the molecule is CCCNC(c1cc(C)c(Cl)s1)C(CC)CC. The third-order valence-electron chi connectivity index (χ3n) is 3.32. The summed E-state index contributed by atoms with van der Waals surface area (Å²) in [5, 5.41) is 3.68. The lowest BCUT2D eigenvalue weighted by atomic mass is 9.92. The van der Waals surface area contributed by atoms with Crippen LogP contribution < -0.4 is 5.32 Å². The summed E-state index contributed by atoms with van der Waals surface area (Å²) in [6, 6.07) is 2.72. The Kier molecular flexibility index (Phi) is 6.53. The highest BCUT2D eigenvalue weighted by atomic mass is 35.5. The van der Waals surface area contributed by atoms with Crippen molar-refractivity contribution < 1.29 is 0 Å². The maximum atomic E-state index is 6.19. The molecule has 1 rings (SSSR count). The van der Waals surface area contributed by atoms with Crippen LogP contribution in [0, 0.1) is 12.8 Å². The molecule has 0 aliphatic carbocycles. The first-order valence-corrected chi connectivity index (χ1v) is 7.82. The molecule has 0 amide bonds. The summed E-state index contributed by atoms with van der Waals surface area (Å²) in [6.07, 6.45) is 3.60. The lowest BCUT2D eigenvalue weighted by Gasteiger charge is -2.25. The Hall–Kier alpha value is -0.0500. The second kappa shape index (κ2) is 7.40. The fourth-order valence-corrected chi connectivity index (χ4v) is 3.58. The van der Waals surface area contributed by atoms with E-state index in [9.17, 15) is 0 Å². The van der Waals surface area contributed by atoms with Gasteiger partial charge in [0.15, 0.2) is 0 Å². The molecule has 0 bridgehead atoms. The van der Waals surface area contributed by atoms with Gasteiger partial charge in [0.2, 0.25) is 0 Å². The molecule has 1 atom stereocenters. The monoisotopic (exact) mass is 273 g/mol. The second-order valence-corrected chi connectivity index (χ2v) is 6.30. The zero-order chi connectivity index (χ0) is 12.8. The maximum Gasteiger partial charge on any atom is 0.0960 e. The van der Waals surface area contributed by atoms with Gasteiger partial charge < -0.3 is 5.32 Å². The minimum absolute atomic E-state index is 0.473. The first kappa shape index (κ1) is 15.0. The number of hydrogen-bond donors (Lipinski definition) is 1. The molecule has 17 heavy (non-hydrogen) atoms. The molecule has 0 saturated heterocycles. The predicted octanol–water partition coefficient (Wildman–Crippen LogP) is 5.19. The number of hydrogen-bond acceptors (Lipinski definition) is 2. The van der Waals surface area contributed by atoms with Gasteiger partial charge in [0.25, 0.3) is 0 Å². The molecule has 0 fully saturated rings. The van der Waals surface area contributed by atoms with Crippen LogP contribution in [0.2, 0.25) is 4.34 Å². The minimum Gasteiger partial charge on any atom is -0.309 e. The normalized spacial score (nSPS) is 13.3. The lowest BCUT2D eigenvalue weighted by molar-refractivity contribution is 0.346. The van der Waals surface area contributed by atoms with Gasteiger partial charge in [0.1, 0.15) is 0 Å². The van der Waals surface area contributed by atoms with E-state index in [1.807, 2.05) is 0 Å². The van der Waals surface area contributed by atoms with Crippen molar-refractivity contribution in [3.63, 3.8) is 0 Å². The standard InChI is InChI=1S/C14H24ClNS/c1-5-8-16-13(11(6-2)7-3)12-9-10(4)14(15)17-12/h9,11,13,16H,5-8H2,1-4H3. The Bertz CT molecular complexity index is 311. The van der Waals surface area contributed by atoms with Crippen LogP contribution in [-0.2, 0) is 0 Å². The summed E-state index contributed by atoms with van der Waals surface area (Å²) in [5.41, 5.74) is 1.21. The fourth-order valence-electron chi connectivity index (χ4n) is 2.20. The van der Waals surface area contributed by atoms with Crippen LogP contribution in [0.4, 0.5) is 0 Å². The van der Waals surface area contributed by atoms with Crippen LogP contribution in [0.15, 0.2) is 6.07 Å². The number of halogens is 1. The first-order valence-electron chi connectivity index (χ1n) is 6.63. The van der Waals surface area contributed by atoms with E-state index in [4.69, 9.17) is 11.6 Å². The van der Waals surface area contributed by atoms with Crippen LogP contribution >= 0.6 is 22.9 Å². The molecule has 1 aromatic heterocycles. The van der Waals surface area contributed by atoms with E-state index in [0.29, 0.717) is 12.0 Å². The molecule has 98 valence electrons. The van der Waals surface area contributed by atoms with Crippen molar-refractivity contribution in [1.29, 1.82) is 0 Å². The fraction of sp³-hybridized carbons (Fsp3) is 0.714. The summed E-state index contributed by atoms with van der Waals surface area (Å²) < 4.78 is 0.939. The maximum absolute atomic E-state index is 6.19. The van der Waals surface area contributed by atoms with Crippen molar-refractivity contribution in [3.05, 3.63) is 20.8 Å². The van der Waals surface area contributed by atoms with E-state index in [0.717, 1.165) is 10.9 Å². The highest BCUT2D eigenvalue weighted by molar-refractivity contribution is 7.16. The predicted molar refractivity (Wildman–Crippen MR) is 79.2 cm³/mol. The molecular formula is C14H24ClNS. The molecule has 0 aromatic carbocycles. The smallest absolute Gasteiger partial charge is 0.0960 e. The third kappa shape index (κ3) is 3.97. The quantitative estimate of drug-likeness (QED) is 0.721. The zero-order valence-electron chi connectivity index (χ0n) is 11.3. The molecule has 0 spiro atoms. The highest BCUT2D eigenvalue weighted by Gasteiger charge is 2.22. The Labute approximate surface area is 115 Å². The van der Waals surface area contributed by atoms with Gasteiger partial charge in [0.05, 0.1) is 4.34 Å². The van der Waals surface area contributed by atoms with E-state index in [1.165, 1.54) is 29.7 Å². The van der Waals surface area contributed by atoms with Crippen molar-refractivity contribution in [2.24, 2.45) is 5.92 Å². The molecule has 0 aliphatic heterocycles. The summed E-state index contributed by atoms with van der Waals surface area (Å²) in [7, 11) is 0. The molecule has 3 heteroatoms. The van der Waals surface area contributed by atoms with Crippen molar-refractivity contribution >= 4 is 22.9 Å². The van der Waals surface area contributed by atoms with Gasteiger partial charge in [-0.2, -0.15) is 0 Å². The molecule has 1 heterocycles. The largest absolute Gasteiger partial charge is 0.309 e. The van der Waals surface area contributed by atoms with E-state index in [1.54, 1.807) is 11.3 Å². The van der Waals surface area contributed by atoms with Crippen molar-refractivity contribution in [2.75, 3.05) is 6.54 Å². The molecule has 0 saturated carbocycles. The molecule has 1 nitrogen and oxygen atoms in total. The Morgan fingerprint density at radius 1 is 1.29 bits per heavy atom. The number of thiophene rings is 1. The van der Waals surface area contributed by atoms with Gasteiger partial charge in [-0.1, -0.05) is 45.2 Å². The van der Waals surface area contributed by atoms with Crippen molar-refractivity contribution in [3.8, 4) is 0 Å². The van der Waals surface area contributed by atoms with Gasteiger partial charge in [-0.05, 0) is 37.4 Å². The minimum atomic E-state index is 0.473. The van der Waals surface area contributed by atoms with Gasteiger partial charge in [-0.3, -0.25) is 0 Å². The molecule has 1 N–H and O–H groups in total. The molecule has 0 aliphatic rings. The van der Waals surface area contributed by atoms with Crippen molar-refractivity contribution in [2.45, 2.75) is 53.0 Å². The van der Waals surface area contributed by atoms with Crippen LogP contribution in [0.1, 0.15) is 56.5 Å². The Balaban J connectivity index is 2.88. The second-order valence-electron chi connectivity index (χ2n) is 4.61. The molecular weight excluding hydrogens is 250 g/mol. The van der Waals surface area contributed by atoms with Crippen LogP contribution in [0.3, 0.4) is 0 Å². The summed E-state index contributed by atoms with van der Waals surface area (Å²) in [4.78, 5) is 1.40. The first-order chi connectivity index (χ1) is 8.13. The zero-order valence-corrected chi connectivity index (χ0v) is 12.9. The number of nitrogens with one attached hydrogen (secondary N) is 1. The van der Waals surface area contributed by atoms with Crippen molar-refractivity contribution in [1.82, 2.24) is 5.32 Å². The number of aryl methyl sites for hydroxylation is 1.